The maximum Gasteiger partial charge on any atom is 0.421 e. The van der Waals surface area contributed by atoms with Crippen LogP contribution >= 0.6 is 11.3 Å². The van der Waals surface area contributed by atoms with Gasteiger partial charge in [-0.05, 0) is 25.0 Å². The molecule has 2 aromatic heterocycles. The molecule has 0 unspecified atom stereocenters. The van der Waals surface area contributed by atoms with Gasteiger partial charge in [-0.1, -0.05) is 19.3 Å². The molecular formula is C19H22F3N3O2S. The number of hydrogen-bond acceptors (Lipinski definition) is 4. The highest BCUT2D eigenvalue weighted by atomic mass is 32.1. The molecule has 0 radical (unpaired) electrons. The summed E-state index contributed by atoms with van der Waals surface area (Å²) in [6.07, 6.45) is 3.10. The predicted octanol–water partition coefficient (Wildman–Crippen LogP) is 3.73. The lowest BCUT2D eigenvalue weighted by Crippen LogP contribution is -2.35. The molecule has 1 fully saturated rings. The van der Waals surface area contributed by atoms with E-state index in [-0.39, 0.29) is 0 Å². The molecule has 0 saturated heterocycles. The van der Waals surface area contributed by atoms with Crippen LogP contribution in [0.15, 0.2) is 28.5 Å². The van der Waals surface area contributed by atoms with Crippen molar-refractivity contribution in [2.24, 2.45) is 0 Å². The second kappa shape index (κ2) is 8.89. The molecule has 28 heavy (non-hydrogen) atoms. The number of halogens is 3. The summed E-state index contributed by atoms with van der Waals surface area (Å²) in [6.45, 7) is -0.127. The Morgan fingerprint density at radius 2 is 2.04 bits per heavy atom. The average Bonchev–Trinajstić information content (AvgIpc) is 3.12. The van der Waals surface area contributed by atoms with E-state index in [2.05, 4.69) is 15.7 Å². The number of amides is 1. The molecule has 1 aliphatic rings. The first-order valence-corrected chi connectivity index (χ1v) is 10.2. The second-order valence-corrected chi connectivity index (χ2v) is 7.90. The van der Waals surface area contributed by atoms with E-state index in [1.165, 1.54) is 38.3 Å². The van der Waals surface area contributed by atoms with Gasteiger partial charge < -0.3 is 9.88 Å². The minimum absolute atomic E-state index is 0.324. The standard InChI is InChI=1S/C19H22F3N3O2S/c20-19(21,22)14-7-4-10-25(18(14)27)11-16(26)23-9-8-17-24-15(12-28-17)13-5-2-1-3-6-13/h4,7,10,12-13H,1-3,5-6,8-9,11H2,(H,23,26). The summed E-state index contributed by atoms with van der Waals surface area (Å²) in [5, 5.41) is 5.65. The van der Waals surface area contributed by atoms with Gasteiger partial charge in [0.1, 0.15) is 12.1 Å². The molecular weight excluding hydrogens is 391 g/mol. The number of aromatic nitrogens is 2. The fourth-order valence-electron chi connectivity index (χ4n) is 3.42. The number of nitrogens with one attached hydrogen (secondary N) is 1. The Balaban J connectivity index is 1.50. The van der Waals surface area contributed by atoms with E-state index in [0.29, 0.717) is 24.9 Å². The molecule has 5 nitrogen and oxygen atoms in total. The Labute approximate surface area is 164 Å². The molecule has 3 rings (SSSR count). The molecule has 0 aromatic carbocycles. The zero-order valence-corrected chi connectivity index (χ0v) is 16.1. The Bertz CT molecular complexity index is 870. The summed E-state index contributed by atoms with van der Waals surface area (Å²) in [4.78, 5) is 28.5. The molecule has 152 valence electrons. The number of thiazole rings is 1. The first-order chi connectivity index (χ1) is 13.3. The fourth-order valence-corrected chi connectivity index (χ4v) is 4.30. The van der Waals surface area contributed by atoms with Crippen LogP contribution in [0.5, 0.6) is 0 Å². The van der Waals surface area contributed by atoms with Gasteiger partial charge in [0.05, 0.1) is 10.7 Å². The fraction of sp³-hybridized carbons (Fsp3) is 0.526. The highest BCUT2D eigenvalue weighted by Gasteiger charge is 2.34. The molecule has 0 aliphatic heterocycles. The summed E-state index contributed by atoms with van der Waals surface area (Å²) >= 11 is 1.56. The van der Waals surface area contributed by atoms with Crippen molar-refractivity contribution in [2.45, 2.75) is 57.2 Å². The van der Waals surface area contributed by atoms with Crippen LogP contribution in [0.3, 0.4) is 0 Å². The number of rotatable bonds is 6. The van der Waals surface area contributed by atoms with Crippen LogP contribution in [0.4, 0.5) is 13.2 Å². The Morgan fingerprint density at radius 3 is 2.75 bits per heavy atom. The van der Waals surface area contributed by atoms with Crippen molar-refractivity contribution in [3.8, 4) is 0 Å². The average molecular weight is 413 g/mol. The van der Waals surface area contributed by atoms with Gasteiger partial charge in [-0.3, -0.25) is 9.59 Å². The van der Waals surface area contributed by atoms with Crippen LogP contribution < -0.4 is 10.9 Å². The van der Waals surface area contributed by atoms with Crippen molar-refractivity contribution in [3.05, 3.63) is 50.3 Å². The smallest absolute Gasteiger partial charge is 0.354 e. The Morgan fingerprint density at radius 1 is 1.29 bits per heavy atom. The highest BCUT2D eigenvalue weighted by molar-refractivity contribution is 7.09. The number of pyridine rings is 1. The van der Waals surface area contributed by atoms with Crippen LogP contribution in [0.2, 0.25) is 0 Å². The van der Waals surface area contributed by atoms with Gasteiger partial charge in [-0.2, -0.15) is 13.2 Å². The SMILES string of the molecule is O=C(Cn1cccc(C(F)(F)F)c1=O)NCCc1nc(C2CCCCC2)cs1. The van der Waals surface area contributed by atoms with Crippen LogP contribution in [-0.2, 0) is 23.9 Å². The van der Waals surface area contributed by atoms with Crippen LogP contribution in [0.1, 0.15) is 54.3 Å². The van der Waals surface area contributed by atoms with E-state index in [0.717, 1.165) is 21.3 Å². The minimum Gasteiger partial charge on any atom is -0.354 e. The normalized spacial score (nSPS) is 15.5. The van der Waals surface area contributed by atoms with Gasteiger partial charge in [0.25, 0.3) is 5.56 Å². The number of nitrogens with zero attached hydrogens (tertiary/aromatic N) is 2. The van der Waals surface area contributed by atoms with Crippen molar-refractivity contribution in [3.63, 3.8) is 0 Å². The number of alkyl halides is 3. The van der Waals surface area contributed by atoms with Crippen LogP contribution in [-0.4, -0.2) is 22.0 Å². The van der Waals surface area contributed by atoms with Crippen LogP contribution in [0, 0.1) is 0 Å². The summed E-state index contributed by atoms with van der Waals surface area (Å²) in [6, 6.07) is 1.82. The van der Waals surface area contributed by atoms with E-state index in [4.69, 9.17) is 0 Å². The first kappa shape index (κ1) is 20.6. The quantitative estimate of drug-likeness (QED) is 0.785. The number of carbonyl (C=O) groups is 1. The maximum atomic E-state index is 12.8. The van der Waals surface area contributed by atoms with Gasteiger partial charge in [0.2, 0.25) is 5.91 Å². The van der Waals surface area contributed by atoms with Crippen molar-refractivity contribution < 1.29 is 18.0 Å². The molecule has 1 saturated carbocycles. The molecule has 9 heteroatoms. The third-order valence-electron chi connectivity index (χ3n) is 4.89. The van der Waals surface area contributed by atoms with Crippen molar-refractivity contribution >= 4 is 17.2 Å². The van der Waals surface area contributed by atoms with Crippen molar-refractivity contribution in [1.82, 2.24) is 14.9 Å². The molecule has 2 aromatic rings. The second-order valence-electron chi connectivity index (χ2n) is 6.95. The van der Waals surface area contributed by atoms with Gasteiger partial charge in [-0.25, -0.2) is 4.98 Å². The van der Waals surface area contributed by atoms with Gasteiger partial charge >= 0.3 is 6.18 Å². The van der Waals surface area contributed by atoms with Crippen molar-refractivity contribution in [2.75, 3.05) is 6.54 Å². The third-order valence-corrected chi connectivity index (χ3v) is 5.82. The monoisotopic (exact) mass is 413 g/mol. The molecule has 0 atom stereocenters. The van der Waals surface area contributed by atoms with Gasteiger partial charge in [0, 0.05) is 30.5 Å². The number of hydrogen-bond donors (Lipinski definition) is 1. The molecule has 1 N–H and O–H groups in total. The summed E-state index contributed by atoms with van der Waals surface area (Å²) in [5.74, 6) is 0.0200. The summed E-state index contributed by atoms with van der Waals surface area (Å²) < 4.78 is 39.1. The highest BCUT2D eigenvalue weighted by Crippen LogP contribution is 2.33. The van der Waals surface area contributed by atoms with Crippen LogP contribution in [0.25, 0.3) is 0 Å². The number of carbonyl (C=O) groups excluding carboxylic acids is 1. The summed E-state index contributed by atoms with van der Waals surface area (Å²) in [5.41, 5.74) is -1.37. The van der Waals surface area contributed by atoms with Gasteiger partial charge in [-0.15, -0.1) is 11.3 Å². The van der Waals surface area contributed by atoms with E-state index in [9.17, 15) is 22.8 Å². The lowest BCUT2D eigenvalue weighted by Gasteiger charge is -2.19. The predicted molar refractivity (Wildman–Crippen MR) is 100 cm³/mol. The topological polar surface area (TPSA) is 64.0 Å². The van der Waals surface area contributed by atoms with E-state index >= 15 is 0 Å². The van der Waals surface area contributed by atoms with Gasteiger partial charge in [0.15, 0.2) is 0 Å². The molecule has 1 amide bonds. The maximum absolute atomic E-state index is 12.8. The van der Waals surface area contributed by atoms with E-state index in [1.54, 1.807) is 11.3 Å². The zero-order valence-electron chi connectivity index (χ0n) is 15.3. The molecule has 2 heterocycles. The molecule has 0 spiro atoms. The van der Waals surface area contributed by atoms with E-state index < -0.39 is 29.8 Å². The minimum atomic E-state index is -4.74. The Kier molecular flexibility index (Phi) is 6.53. The third kappa shape index (κ3) is 5.21. The lowest BCUT2D eigenvalue weighted by atomic mass is 9.87. The lowest BCUT2D eigenvalue weighted by molar-refractivity contribution is -0.139. The van der Waals surface area contributed by atoms with Crippen molar-refractivity contribution in [1.29, 1.82) is 0 Å². The molecule has 1 aliphatic carbocycles. The summed E-state index contributed by atoms with van der Waals surface area (Å²) in [7, 11) is 0. The van der Waals surface area contributed by atoms with E-state index in [1.807, 2.05) is 0 Å². The largest absolute Gasteiger partial charge is 0.421 e. The molecule has 0 bridgehead atoms. The Hall–Kier alpha value is -2.16. The zero-order chi connectivity index (χ0) is 20.1. The first-order valence-electron chi connectivity index (χ1n) is 9.32.